The van der Waals surface area contributed by atoms with Gasteiger partial charge in [0.1, 0.15) is 0 Å². The van der Waals surface area contributed by atoms with Gasteiger partial charge in [-0.1, -0.05) is 30.2 Å². The Morgan fingerprint density at radius 2 is 2.11 bits per heavy atom. The number of aliphatic carboxylic acids is 1. The molecule has 1 aliphatic rings. The normalized spacial score (nSPS) is 19.2. The molecule has 0 bridgehead atoms. The zero-order chi connectivity index (χ0) is 13.1. The number of ketones is 1. The Morgan fingerprint density at radius 3 is 2.61 bits per heavy atom. The van der Waals surface area contributed by atoms with Crippen LogP contribution in [0.3, 0.4) is 0 Å². The lowest BCUT2D eigenvalue weighted by Crippen LogP contribution is -2.11. The zero-order valence-electron chi connectivity index (χ0n) is 10.1. The molecule has 1 aliphatic carbocycles. The van der Waals surface area contributed by atoms with Crippen LogP contribution in [0.5, 0.6) is 0 Å². The first kappa shape index (κ1) is 12.4. The number of benzene rings is 1. The molecule has 2 unspecified atom stereocenters. The number of hydrogen-bond donors (Lipinski definition) is 1. The molecule has 92 valence electrons. The maximum atomic E-state index is 11.4. The number of Topliss-reactive ketones (excluding diaryl/α,β-unsaturated/α-hetero) is 1. The van der Waals surface area contributed by atoms with Crippen LogP contribution in [0.15, 0.2) is 24.3 Å². The van der Waals surface area contributed by atoms with Gasteiger partial charge >= 0.3 is 5.97 Å². The molecule has 0 saturated carbocycles. The topological polar surface area (TPSA) is 54.4 Å². The Kier molecular flexibility index (Phi) is 3.47. The molecule has 18 heavy (non-hydrogen) atoms. The van der Waals surface area contributed by atoms with E-state index in [2.05, 4.69) is 11.8 Å². The smallest absolute Gasteiger partial charge is 0.310 e. The van der Waals surface area contributed by atoms with Gasteiger partial charge in [0.15, 0.2) is 0 Å². The summed E-state index contributed by atoms with van der Waals surface area (Å²) in [5.74, 6) is 4.01. The van der Waals surface area contributed by atoms with Gasteiger partial charge in [0, 0.05) is 12.3 Å². The minimum Gasteiger partial charge on any atom is -0.481 e. The second-order valence-electron chi connectivity index (χ2n) is 4.57. The van der Waals surface area contributed by atoms with Gasteiger partial charge in [0.05, 0.1) is 5.92 Å². The molecule has 3 nitrogen and oxygen atoms in total. The summed E-state index contributed by atoms with van der Waals surface area (Å²) >= 11 is 0. The van der Waals surface area contributed by atoms with Gasteiger partial charge in [0.25, 0.3) is 0 Å². The van der Waals surface area contributed by atoms with Crippen LogP contribution >= 0.6 is 0 Å². The van der Waals surface area contributed by atoms with Gasteiger partial charge in [-0.15, -0.1) is 0 Å². The molecule has 0 saturated heterocycles. The fourth-order valence-electron chi connectivity index (χ4n) is 1.99. The van der Waals surface area contributed by atoms with Crippen molar-refractivity contribution in [2.45, 2.75) is 25.7 Å². The van der Waals surface area contributed by atoms with E-state index < -0.39 is 11.9 Å². The third-order valence-electron chi connectivity index (χ3n) is 3.26. The highest BCUT2D eigenvalue weighted by Crippen LogP contribution is 2.20. The van der Waals surface area contributed by atoms with Crippen LogP contribution in [0, 0.1) is 17.8 Å². The standard InChI is InChI=1S/C15H14O3/c1-10(15(17)18)12-7-5-11(6-8-12)9-13-3-2-4-14(13)16/h5-8,10,13H,3,9H2,1H3,(H,17,18). The molecule has 0 amide bonds. The second kappa shape index (κ2) is 5.05. The Balaban J connectivity index is 2.04. The molecule has 0 heterocycles. The summed E-state index contributed by atoms with van der Waals surface area (Å²) < 4.78 is 0. The molecule has 0 aromatic heterocycles. The molecule has 0 spiro atoms. The van der Waals surface area contributed by atoms with Crippen molar-refractivity contribution < 1.29 is 14.7 Å². The van der Waals surface area contributed by atoms with Crippen molar-refractivity contribution in [3.8, 4) is 11.8 Å². The Hall–Kier alpha value is -2.08. The maximum Gasteiger partial charge on any atom is 0.310 e. The quantitative estimate of drug-likeness (QED) is 0.649. The lowest BCUT2D eigenvalue weighted by Gasteiger charge is -2.10. The first-order valence-electron chi connectivity index (χ1n) is 5.92. The number of hydrogen-bond acceptors (Lipinski definition) is 2. The summed E-state index contributed by atoms with van der Waals surface area (Å²) in [5, 5.41) is 8.91. The van der Waals surface area contributed by atoms with E-state index in [0.29, 0.717) is 12.8 Å². The van der Waals surface area contributed by atoms with Crippen LogP contribution in [0.2, 0.25) is 0 Å². The minimum atomic E-state index is -0.831. The molecule has 1 aromatic carbocycles. The number of rotatable bonds is 4. The van der Waals surface area contributed by atoms with E-state index in [0.717, 1.165) is 11.1 Å². The van der Waals surface area contributed by atoms with E-state index in [9.17, 15) is 9.59 Å². The van der Waals surface area contributed by atoms with Gasteiger partial charge in [0.2, 0.25) is 5.78 Å². The number of carboxylic acids is 1. The predicted octanol–water partition coefficient (Wildman–Crippen LogP) is 2.01. The van der Waals surface area contributed by atoms with Crippen molar-refractivity contribution in [3.05, 3.63) is 35.4 Å². The van der Waals surface area contributed by atoms with Crippen molar-refractivity contribution in [2.24, 2.45) is 5.92 Å². The van der Waals surface area contributed by atoms with Crippen LogP contribution in [-0.4, -0.2) is 16.9 Å². The predicted molar refractivity (Wildman–Crippen MR) is 67.1 cm³/mol. The van der Waals surface area contributed by atoms with Crippen LogP contribution < -0.4 is 0 Å². The van der Waals surface area contributed by atoms with Gasteiger partial charge in [-0.05, 0) is 30.4 Å². The van der Waals surface area contributed by atoms with Crippen molar-refractivity contribution in [3.63, 3.8) is 0 Å². The number of carboxylic acid groups (broad SMARTS) is 1. The van der Waals surface area contributed by atoms with E-state index >= 15 is 0 Å². The molecule has 0 radical (unpaired) electrons. The summed E-state index contributed by atoms with van der Waals surface area (Å²) in [6.45, 7) is 1.66. The maximum absolute atomic E-state index is 11.4. The molecule has 1 N–H and O–H groups in total. The minimum absolute atomic E-state index is 0.0120. The van der Waals surface area contributed by atoms with Crippen molar-refractivity contribution in [1.29, 1.82) is 0 Å². The number of carbonyl (C=O) groups is 2. The summed E-state index contributed by atoms with van der Waals surface area (Å²) in [4.78, 5) is 22.2. The van der Waals surface area contributed by atoms with Gasteiger partial charge in [-0.2, -0.15) is 0 Å². The second-order valence-corrected chi connectivity index (χ2v) is 4.57. The molecular formula is C15H14O3. The van der Waals surface area contributed by atoms with Crippen molar-refractivity contribution in [1.82, 2.24) is 0 Å². The zero-order valence-corrected chi connectivity index (χ0v) is 10.1. The highest BCUT2D eigenvalue weighted by Gasteiger charge is 2.20. The third kappa shape index (κ3) is 2.60. The van der Waals surface area contributed by atoms with Crippen LogP contribution in [-0.2, 0) is 16.0 Å². The summed E-state index contributed by atoms with van der Waals surface area (Å²) in [6.07, 6.45) is 1.30. The van der Waals surface area contributed by atoms with Gasteiger partial charge in [-0.25, -0.2) is 0 Å². The Bertz CT molecular complexity index is 531. The fraction of sp³-hybridized carbons (Fsp3) is 0.333. The molecule has 2 atom stereocenters. The third-order valence-corrected chi connectivity index (χ3v) is 3.26. The highest BCUT2D eigenvalue weighted by atomic mass is 16.4. The fourth-order valence-corrected chi connectivity index (χ4v) is 1.99. The molecular weight excluding hydrogens is 228 g/mol. The number of carbonyl (C=O) groups excluding carboxylic acids is 1. The van der Waals surface area contributed by atoms with Crippen LogP contribution in [0.1, 0.15) is 30.4 Å². The van der Waals surface area contributed by atoms with Gasteiger partial charge in [-0.3, -0.25) is 9.59 Å². The lowest BCUT2D eigenvalue weighted by atomic mass is 9.93. The summed E-state index contributed by atoms with van der Waals surface area (Å²) in [7, 11) is 0. The average Bonchev–Trinajstić information content (AvgIpc) is 2.75. The van der Waals surface area contributed by atoms with Crippen LogP contribution in [0.25, 0.3) is 0 Å². The van der Waals surface area contributed by atoms with Crippen molar-refractivity contribution >= 4 is 11.8 Å². The van der Waals surface area contributed by atoms with E-state index in [1.54, 1.807) is 6.92 Å². The Labute approximate surface area is 106 Å². The van der Waals surface area contributed by atoms with Crippen molar-refractivity contribution in [2.75, 3.05) is 0 Å². The van der Waals surface area contributed by atoms with Crippen LogP contribution in [0.4, 0.5) is 0 Å². The van der Waals surface area contributed by atoms with E-state index in [1.807, 2.05) is 24.3 Å². The van der Waals surface area contributed by atoms with Gasteiger partial charge < -0.3 is 5.11 Å². The lowest BCUT2D eigenvalue weighted by molar-refractivity contribution is -0.138. The molecule has 1 aromatic rings. The molecule has 2 rings (SSSR count). The van der Waals surface area contributed by atoms with E-state index in [-0.39, 0.29) is 11.7 Å². The molecule has 3 heteroatoms. The summed E-state index contributed by atoms with van der Waals surface area (Å²) in [6, 6.07) is 7.41. The first-order chi connectivity index (χ1) is 8.58. The van der Waals surface area contributed by atoms with E-state index in [1.165, 1.54) is 0 Å². The SMILES string of the molecule is CC(C(=O)O)c1ccc(CC2CC#CC2=O)cc1. The highest BCUT2D eigenvalue weighted by molar-refractivity contribution is 5.99. The monoisotopic (exact) mass is 242 g/mol. The molecule has 0 fully saturated rings. The van der Waals surface area contributed by atoms with E-state index in [4.69, 9.17) is 5.11 Å². The molecule has 0 aliphatic heterocycles. The first-order valence-corrected chi connectivity index (χ1v) is 5.92. The largest absolute Gasteiger partial charge is 0.481 e. The average molecular weight is 242 g/mol. The Morgan fingerprint density at radius 1 is 1.44 bits per heavy atom. The summed E-state index contributed by atoms with van der Waals surface area (Å²) in [5.41, 5.74) is 1.82.